The predicted molar refractivity (Wildman–Crippen MR) is 19.8 cm³/mol. The van der Waals surface area contributed by atoms with Crippen LogP contribution in [0.3, 0.4) is 0 Å². The summed E-state index contributed by atoms with van der Waals surface area (Å²) in [4.78, 5) is 9.06. The van der Waals surface area contributed by atoms with Crippen molar-refractivity contribution in [3.05, 3.63) is 4.91 Å². The molecule has 1 unspecified atom stereocenters. The third-order valence-electron chi connectivity index (χ3n) is 0.449. The Morgan fingerprint density at radius 1 is 1.50 bits per heavy atom. The summed E-state index contributed by atoms with van der Waals surface area (Å²) >= 11 is 0. The van der Waals surface area contributed by atoms with Gasteiger partial charge in [0.1, 0.15) is 0 Å². The molecule has 1 atom stereocenters. The number of nitrogens with two attached hydrogens (primary N) is 1. The summed E-state index contributed by atoms with van der Waals surface area (Å²) in [5, 5.41) is 1.56. The number of alkyl halides is 3. The van der Waals surface area contributed by atoms with Crippen molar-refractivity contribution in [2.45, 2.75) is 12.3 Å². The summed E-state index contributed by atoms with van der Waals surface area (Å²) < 4.78 is 33.1. The lowest BCUT2D eigenvalue weighted by molar-refractivity contribution is -0.145. The van der Waals surface area contributed by atoms with Gasteiger partial charge in [0.2, 0.25) is 6.17 Å². The fourth-order valence-electron chi connectivity index (χ4n) is 0.0598. The van der Waals surface area contributed by atoms with Gasteiger partial charge in [0, 0.05) is 0 Å². The monoisotopic (exact) mass is 128 g/mol. The first kappa shape index (κ1) is 7.35. The molecule has 0 heterocycles. The molecule has 0 amide bonds. The molecular formula is C2H3F3N2O. The highest BCUT2D eigenvalue weighted by Crippen LogP contribution is 2.18. The second kappa shape index (κ2) is 2.08. The number of rotatable bonds is 1. The van der Waals surface area contributed by atoms with E-state index in [-0.39, 0.29) is 0 Å². The fraction of sp³-hybridized carbons (Fsp3) is 1.00. The molecule has 0 saturated carbocycles. The normalized spacial score (nSPS) is 15.5. The third-order valence-corrected chi connectivity index (χ3v) is 0.449. The Balaban J connectivity index is 3.80. The lowest BCUT2D eigenvalue weighted by Gasteiger charge is -2.05. The number of hydrogen-bond acceptors (Lipinski definition) is 3. The van der Waals surface area contributed by atoms with E-state index in [4.69, 9.17) is 4.91 Å². The summed E-state index contributed by atoms with van der Waals surface area (Å²) in [5.74, 6) is 0. The summed E-state index contributed by atoms with van der Waals surface area (Å²) in [7, 11) is 0. The summed E-state index contributed by atoms with van der Waals surface area (Å²) in [6.45, 7) is 0. The molecule has 0 fully saturated rings. The predicted octanol–water partition coefficient (Wildman–Crippen LogP) is 0.600. The van der Waals surface area contributed by atoms with E-state index in [1.165, 1.54) is 0 Å². The Kier molecular flexibility index (Phi) is 1.91. The van der Waals surface area contributed by atoms with Crippen LogP contribution in [0.2, 0.25) is 0 Å². The number of hydrogen-bond donors (Lipinski definition) is 1. The van der Waals surface area contributed by atoms with Crippen LogP contribution in [-0.4, -0.2) is 12.3 Å². The van der Waals surface area contributed by atoms with Gasteiger partial charge < -0.3 is 0 Å². The molecule has 48 valence electrons. The van der Waals surface area contributed by atoms with Crippen LogP contribution in [0.5, 0.6) is 0 Å². The van der Waals surface area contributed by atoms with Crippen molar-refractivity contribution < 1.29 is 13.2 Å². The van der Waals surface area contributed by atoms with E-state index in [1.54, 1.807) is 5.18 Å². The first-order valence-electron chi connectivity index (χ1n) is 1.63. The van der Waals surface area contributed by atoms with Crippen molar-refractivity contribution >= 4 is 0 Å². The van der Waals surface area contributed by atoms with Crippen molar-refractivity contribution in [2.24, 2.45) is 10.9 Å². The summed E-state index contributed by atoms with van der Waals surface area (Å²) in [6.07, 6.45) is -7.27. The van der Waals surface area contributed by atoms with Crippen molar-refractivity contribution in [3.63, 3.8) is 0 Å². The fourth-order valence-corrected chi connectivity index (χ4v) is 0.0598. The molecule has 0 aromatic carbocycles. The van der Waals surface area contributed by atoms with Gasteiger partial charge in [0.25, 0.3) is 0 Å². The molecule has 0 spiro atoms. The molecule has 0 saturated heterocycles. The molecule has 0 aliphatic carbocycles. The van der Waals surface area contributed by atoms with Gasteiger partial charge in [-0.1, -0.05) is 0 Å². The molecule has 0 aromatic heterocycles. The third kappa shape index (κ3) is 1.87. The maximum atomic E-state index is 11.0. The first-order valence-corrected chi connectivity index (χ1v) is 1.63. The van der Waals surface area contributed by atoms with Crippen molar-refractivity contribution in [1.29, 1.82) is 0 Å². The molecule has 6 heteroatoms. The van der Waals surface area contributed by atoms with E-state index in [0.717, 1.165) is 0 Å². The molecular weight excluding hydrogens is 125 g/mol. The van der Waals surface area contributed by atoms with Crippen LogP contribution in [0.25, 0.3) is 0 Å². The number of halogens is 3. The van der Waals surface area contributed by atoms with Crippen molar-refractivity contribution in [1.82, 2.24) is 0 Å². The average Bonchev–Trinajstić information content (AvgIpc) is 1.62. The van der Waals surface area contributed by atoms with Crippen molar-refractivity contribution in [2.75, 3.05) is 0 Å². The Bertz CT molecular complexity index is 89.8. The van der Waals surface area contributed by atoms with Gasteiger partial charge in [0.05, 0.1) is 0 Å². The van der Waals surface area contributed by atoms with Crippen LogP contribution in [0, 0.1) is 4.91 Å². The van der Waals surface area contributed by atoms with Gasteiger partial charge >= 0.3 is 6.18 Å². The second-order valence-corrected chi connectivity index (χ2v) is 1.09. The van der Waals surface area contributed by atoms with E-state index in [0.29, 0.717) is 0 Å². The molecule has 0 aromatic rings. The van der Waals surface area contributed by atoms with Crippen LogP contribution >= 0.6 is 0 Å². The highest BCUT2D eigenvalue weighted by atomic mass is 19.4. The molecule has 0 aliphatic rings. The maximum absolute atomic E-state index is 11.0. The van der Waals surface area contributed by atoms with E-state index < -0.39 is 12.3 Å². The van der Waals surface area contributed by atoms with E-state index in [2.05, 4.69) is 5.73 Å². The van der Waals surface area contributed by atoms with E-state index >= 15 is 0 Å². The second-order valence-electron chi connectivity index (χ2n) is 1.09. The van der Waals surface area contributed by atoms with Gasteiger partial charge in [-0.25, -0.2) is 0 Å². The van der Waals surface area contributed by atoms with Gasteiger partial charge in [-0.2, -0.15) is 13.2 Å². The lowest BCUT2D eigenvalue weighted by Crippen LogP contribution is -2.34. The van der Waals surface area contributed by atoms with Gasteiger partial charge in [-0.3, -0.25) is 5.73 Å². The molecule has 0 rings (SSSR count). The number of nitrogens with zero attached hydrogens (tertiary/aromatic N) is 1. The highest BCUT2D eigenvalue weighted by molar-refractivity contribution is 4.64. The minimum absolute atomic E-state index is 1.56. The molecule has 3 nitrogen and oxygen atoms in total. The van der Waals surface area contributed by atoms with Crippen LogP contribution < -0.4 is 5.73 Å². The van der Waals surface area contributed by atoms with Gasteiger partial charge in [0.15, 0.2) is 0 Å². The summed E-state index contributed by atoms with van der Waals surface area (Å²) in [6, 6.07) is 0. The van der Waals surface area contributed by atoms with Crippen LogP contribution in [0.1, 0.15) is 0 Å². The zero-order chi connectivity index (χ0) is 6.78. The van der Waals surface area contributed by atoms with Gasteiger partial charge in [-0.05, 0) is 5.18 Å². The SMILES string of the molecule is NC(N=O)C(F)(F)F. The molecule has 0 bridgehead atoms. The Morgan fingerprint density at radius 2 is 1.88 bits per heavy atom. The topological polar surface area (TPSA) is 55.4 Å². The van der Waals surface area contributed by atoms with Crippen LogP contribution in [0.15, 0.2) is 5.18 Å². The van der Waals surface area contributed by atoms with Gasteiger partial charge in [-0.15, -0.1) is 4.91 Å². The molecule has 2 N–H and O–H groups in total. The molecule has 0 aliphatic heterocycles. The average molecular weight is 128 g/mol. The van der Waals surface area contributed by atoms with Crippen LogP contribution in [-0.2, 0) is 0 Å². The zero-order valence-corrected chi connectivity index (χ0v) is 3.64. The largest absolute Gasteiger partial charge is 0.427 e. The zero-order valence-electron chi connectivity index (χ0n) is 3.64. The highest BCUT2D eigenvalue weighted by Gasteiger charge is 2.37. The Hall–Kier alpha value is -0.650. The van der Waals surface area contributed by atoms with Crippen molar-refractivity contribution in [3.8, 4) is 0 Å². The standard InChI is InChI=1S/C2H3F3N2O/c3-2(4,5)1(6)7-8/h1H,6H2. The Morgan fingerprint density at radius 3 is 1.88 bits per heavy atom. The molecule has 0 radical (unpaired) electrons. The number of nitroso groups, excluding NO2 is 1. The minimum Gasteiger partial charge on any atom is -0.299 e. The quantitative estimate of drug-likeness (QED) is 0.525. The molecule has 8 heavy (non-hydrogen) atoms. The van der Waals surface area contributed by atoms with Crippen LogP contribution in [0.4, 0.5) is 13.2 Å². The maximum Gasteiger partial charge on any atom is 0.427 e. The lowest BCUT2D eigenvalue weighted by atomic mass is 10.5. The van der Waals surface area contributed by atoms with E-state index in [9.17, 15) is 13.2 Å². The summed E-state index contributed by atoms with van der Waals surface area (Å²) in [5.41, 5.74) is 4.15. The Labute approximate surface area is 42.6 Å². The van der Waals surface area contributed by atoms with E-state index in [1.807, 2.05) is 0 Å². The minimum atomic E-state index is -4.69. The first-order chi connectivity index (χ1) is 3.48. The smallest absolute Gasteiger partial charge is 0.299 e.